The van der Waals surface area contributed by atoms with Crippen LogP contribution in [0.5, 0.6) is 0 Å². The van der Waals surface area contributed by atoms with Crippen molar-refractivity contribution in [3.8, 4) is 0 Å². The van der Waals surface area contributed by atoms with Gasteiger partial charge in [-0.25, -0.2) is 0 Å². The van der Waals surface area contributed by atoms with Crippen LogP contribution in [-0.2, 0) is 11.0 Å². The number of β-amino-alcohol motifs (C(OH)–C–C–N with tert-alkyl or cyclic N) is 1. The zero-order chi connectivity index (χ0) is 22.2. The Hall–Kier alpha value is -2.35. The Morgan fingerprint density at radius 2 is 1.97 bits per heavy atom. The van der Waals surface area contributed by atoms with Gasteiger partial charge in [0.15, 0.2) is 0 Å². The predicted octanol–water partition coefficient (Wildman–Crippen LogP) is 4.09. The molecule has 168 valence electrons. The molecule has 3 heterocycles. The van der Waals surface area contributed by atoms with Crippen molar-refractivity contribution >= 4 is 22.5 Å². The maximum absolute atomic E-state index is 13.4. The molecule has 2 saturated heterocycles. The van der Waals surface area contributed by atoms with Gasteiger partial charge in [0.1, 0.15) is 0 Å². The summed E-state index contributed by atoms with van der Waals surface area (Å²) < 4.78 is 40.3. The molecule has 1 amide bonds. The van der Waals surface area contributed by atoms with Crippen LogP contribution in [0.4, 0.5) is 18.9 Å². The van der Waals surface area contributed by atoms with Crippen LogP contribution in [0.3, 0.4) is 0 Å². The molecule has 5 nitrogen and oxygen atoms in total. The fraction of sp³-hybridized carbons (Fsp3) is 0.565. The highest BCUT2D eigenvalue weighted by atomic mass is 19.4. The number of fused-ring (bicyclic) bond motifs is 1. The minimum Gasteiger partial charge on any atom is -0.389 e. The highest BCUT2D eigenvalue weighted by Gasteiger charge is 2.35. The lowest BCUT2D eigenvalue weighted by Gasteiger charge is -2.39. The van der Waals surface area contributed by atoms with Gasteiger partial charge in [-0.2, -0.15) is 13.2 Å². The van der Waals surface area contributed by atoms with Gasteiger partial charge in [-0.3, -0.25) is 9.78 Å². The summed E-state index contributed by atoms with van der Waals surface area (Å²) in [6.07, 6.45) is -0.218. The molecular formula is C23H28F3N3O2. The number of hydrogen-bond acceptors (Lipinski definition) is 4. The summed E-state index contributed by atoms with van der Waals surface area (Å²) in [6, 6.07) is 6.09. The number of benzene rings is 1. The van der Waals surface area contributed by atoms with Gasteiger partial charge in [-0.05, 0) is 55.4 Å². The number of likely N-dealkylation sites (tertiary alicyclic amines) is 1. The number of carbonyl (C=O) groups excluding carboxylic acids is 1. The number of carbonyl (C=O) groups is 1. The number of pyridine rings is 1. The van der Waals surface area contributed by atoms with Crippen LogP contribution in [0, 0.1) is 11.8 Å². The molecule has 0 aliphatic carbocycles. The number of aliphatic hydroxyl groups excluding tert-OH is 1. The second kappa shape index (κ2) is 8.65. The highest BCUT2D eigenvalue weighted by molar-refractivity contribution is 5.94. The molecule has 2 aliphatic rings. The third kappa shape index (κ3) is 4.79. The summed E-state index contributed by atoms with van der Waals surface area (Å²) in [5.74, 6) is 0.882. The first-order chi connectivity index (χ1) is 14.7. The number of rotatable bonds is 5. The van der Waals surface area contributed by atoms with E-state index in [-0.39, 0.29) is 17.5 Å². The van der Waals surface area contributed by atoms with E-state index < -0.39 is 11.7 Å². The Labute approximate surface area is 179 Å². The summed E-state index contributed by atoms with van der Waals surface area (Å²) in [5, 5.41) is 9.86. The topological polar surface area (TPSA) is 56.7 Å². The quantitative estimate of drug-likeness (QED) is 0.769. The van der Waals surface area contributed by atoms with E-state index in [1.807, 2.05) is 0 Å². The number of aliphatic hydroxyl groups is 1. The van der Waals surface area contributed by atoms with Gasteiger partial charge in [0.2, 0.25) is 5.91 Å². The summed E-state index contributed by atoms with van der Waals surface area (Å²) in [4.78, 5) is 20.0. The van der Waals surface area contributed by atoms with Gasteiger partial charge >= 0.3 is 6.18 Å². The second-order valence-electron chi connectivity index (χ2n) is 8.99. The van der Waals surface area contributed by atoms with Crippen molar-refractivity contribution in [2.45, 2.75) is 44.9 Å². The van der Waals surface area contributed by atoms with Gasteiger partial charge in [0.05, 0.1) is 17.2 Å². The maximum atomic E-state index is 13.4. The molecule has 0 unspecified atom stereocenters. The van der Waals surface area contributed by atoms with Gasteiger partial charge in [0, 0.05) is 49.9 Å². The van der Waals surface area contributed by atoms with E-state index in [1.165, 1.54) is 6.20 Å². The van der Waals surface area contributed by atoms with Crippen molar-refractivity contribution in [1.29, 1.82) is 0 Å². The monoisotopic (exact) mass is 435 g/mol. The molecule has 4 rings (SSSR count). The lowest BCUT2D eigenvalue weighted by Crippen LogP contribution is -2.53. The van der Waals surface area contributed by atoms with Gasteiger partial charge in [-0.15, -0.1) is 0 Å². The smallest absolute Gasteiger partial charge is 0.389 e. The van der Waals surface area contributed by atoms with E-state index in [9.17, 15) is 23.1 Å². The van der Waals surface area contributed by atoms with Crippen LogP contribution in [0.15, 0.2) is 30.5 Å². The summed E-state index contributed by atoms with van der Waals surface area (Å²) >= 11 is 0. The minimum atomic E-state index is -4.44. The Morgan fingerprint density at radius 3 is 2.68 bits per heavy atom. The second-order valence-corrected chi connectivity index (χ2v) is 8.99. The number of nitrogens with zero attached hydrogens (tertiary/aromatic N) is 3. The largest absolute Gasteiger partial charge is 0.418 e. The lowest BCUT2D eigenvalue weighted by atomic mass is 9.86. The third-order valence-electron chi connectivity index (χ3n) is 6.36. The van der Waals surface area contributed by atoms with Crippen LogP contribution >= 0.6 is 0 Å². The summed E-state index contributed by atoms with van der Waals surface area (Å²) in [6.45, 7) is 4.58. The predicted molar refractivity (Wildman–Crippen MR) is 113 cm³/mol. The molecule has 2 fully saturated rings. The first-order valence-corrected chi connectivity index (χ1v) is 10.9. The van der Waals surface area contributed by atoms with Gasteiger partial charge in [-0.1, -0.05) is 6.92 Å². The molecule has 0 bridgehead atoms. The first-order valence-electron chi connectivity index (χ1n) is 10.9. The standard InChI is InChI=1S/C23H28F3N3O2/c1-15-10-16(4-2-6-21(31)29-13-17(30)14-29)12-28(11-15)20-8-7-19(23(24,25)26)22-18(20)5-3-9-27-22/h3,5,7-9,15-17,30H,2,4,6,10-14H2,1H3/t15-,16+/m0/s1. The van der Waals surface area contributed by atoms with Gasteiger partial charge in [0.25, 0.3) is 0 Å². The molecule has 1 N–H and O–H groups in total. The van der Waals surface area contributed by atoms with Crippen LogP contribution in [0.1, 0.15) is 38.2 Å². The van der Waals surface area contributed by atoms with E-state index in [0.29, 0.717) is 36.7 Å². The molecule has 2 aromatic rings. The first kappa shape index (κ1) is 21.9. The van der Waals surface area contributed by atoms with E-state index in [0.717, 1.165) is 44.1 Å². The average Bonchev–Trinajstić information content (AvgIpc) is 2.69. The normalized spacial score (nSPS) is 22.6. The number of halogens is 3. The van der Waals surface area contributed by atoms with Crippen LogP contribution in [-0.4, -0.2) is 53.2 Å². The van der Waals surface area contributed by atoms with Crippen molar-refractivity contribution in [2.24, 2.45) is 11.8 Å². The highest BCUT2D eigenvalue weighted by Crippen LogP contribution is 2.39. The molecule has 1 aromatic carbocycles. The molecular weight excluding hydrogens is 407 g/mol. The van der Waals surface area contributed by atoms with Crippen molar-refractivity contribution in [1.82, 2.24) is 9.88 Å². The van der Waals surface area contributed by atoms with Crippen molar-refractivity contribution in [2.75, 3.05) is 31.1 Å². The minimum absolute atomic E-state index is 0.00962. The Bertz CT molecular complexity index is 943. The maximum Gasteiger partial charge on any atom is 0.418 e. The molecule has 0 radical (unpaired) electrons. The fourth-order valence-corrected chi connectivity index (χ4v) is 4.91. The fourth-order valence-electron chi connectivity index (χ4n) is 4.91. The SMILES string of the molecule is C[C@H]1C[C@@H](CCCC(=O)N2CC(O)C2)CN(c2ccc(C(F)(F)F)c3ncccc23)C1. The molecule has 2 aliphatic heterocycles. The Morgan fingerprint density at radius 1 is 1.19 bits per heavy atom. The molecule has 8 heteroatoms. The van der Waals surface area contributed by atoms with E-state index in [4.69, 9.17) is 0 Å². The van der Waals surface area contributed by atoms with E-state index in [2.05, 4.69) is 16.8 Å². The molecule has 2 atom stereocenters. The van der Waals surface area contributed by atoms with Crippen molar-refractivity contribution < 1.29 is 23.1 Å². The van der Waals surface area contributed by atoms with Crippen LogP contribution in [0.25, 0.3) is 10.9 Å². The van der Waals surface area contributed by atoms with Crippen LogP contribution in [0.2, 0.25) is 0 Å². The van der Waals surface area contributed by atoms with Crippen LogP contribution < -0.4 is 4.90 Å². The number of amides is 1. The number of piperidine rings is 1. The third-order valence-corrected chi connectivity index (χ3v) is 6.36. The van der Waals surface area contributed by atoms with Crippen molar-refractivity contribution in [3.63, 3.8) is 0 Å². The molecule has 0 saturated carbocycles. The lowest BCUT2D eigenvalue weighted by molar-refractivity contribution is -0.141. The summed E-state index contributed by atoms with van der Waals surface area (Å²) in [7, 11) is 0. The Balaban J connectivity index is 1.46. The molecule has 0 spiro atoms. The molecule has 31 heavy (non-hydrogen) atoms. The average molecular weight is 435 g/mol. The zero-order valence-electron chi connectivity index (χ0n) is 17.6. The van der Waals surface area contributed by atoms with E-state index >= 15 is 0 Å². The van der Waals surface area contributed by atoms with Gasteiger partial charge < -0.3 is 14.9 Å². The number of aromatic nitrogens is 1. The number of hydrogen-bond donors (Lipinski definition) is 1. The zero-order valence-corrected chi connectivity index (χ0v) is 17.6. The Kier molecular flexibility index (Phi) is 6.10. The summed E-state index contributed by atoms with van der Waals surface area (Å²) in [5.41, 5.74) is 0.0750. The number of alkyl halides is 3. The van der Waals surface area contributed by atoms with E-state index in [1.54, 1.807) is 23.1 Å². The number of anilines is 1. The molecule has 1 aromatic heterocycles. The van der Waals surface area contributed by atoms with Crippen molar-refractivity contribution in [3.05, 3.63) is 36.0 Å².